The van der Waals surface area contributed by atoms with Gasteiger partial charge < -0.3 is 23.5 Å². The summed E-state index contributed by atoms with van der Waals surface area (Å²) in [7, 11) is 1.63. The second-order valence-corrected chi connectivity index (χ2v) is 9.86. The fourth-order valence-corrected chi connectivity index (χ4v) is 5.20. The van der Waals surface area contributed by atoms with Gasteiger partial charge in [0.05, 0.1) is 37.3 Å². The van der Waals surface area contributed by atoms with Crippen molar-refractivity contribution in [1.29, 1.82) is 0 Å². The smallest absolute Gasteiger partial charge is 0.290 e. The summed E-state index contributed by atoms with van der Waals surface area (Å²) in [5, 5.41) is 0.456. The largest absolute Gasteiger partial charge is 0.497 e. The summed E-state index contributed by atoms with van der Waals surface area (Å²) < 4.78 is 23.3. The molecule has 0 saturated carbocycles. The molecule has 0 bridgehead atoms. The Labute approximate surface area is 234 Å². The highest BCUT2D eigenvalue weighted by Crippen LogP contribution is 2.41. The van der Waals surface area contributed by atoms with Crippen molar-refractivity contribution in [3.05, 3.63) is 99.4 Å². The van der Waals surface area contributed by atoms with Crippen LogP contribution in [-0.4, -0.2) is 37.7 Å². The van der Waals surface area contributed by atoms with Crippen LogP contribution in [0.15, 0.2) is 75.9 Å². The number of nitrogens with zero attached hydrogens (tertiary/aromatic N) is 1. The lowest BCUT2D eigenvalue weighted by Crippen LogP contribution is -2.31. The molecule has 5 rings (SSSR count). The van der Waals surface area contributed by atoms with E-state index < -0.39 is 6.04 Å². The van der Waals surface area contributed by atoms with Gasteiger partial charge in [-0.05, 0) is 67.3 Å². The van der Waals surface area contributed by atoms with E-state index in [0.717, 1.165) is 36.1 Å². The van der Waals surface area contributed by atoms with Crippen LogP contribution in [0.2, 0.25) is 0 Å². The van der Waals surface area contributed by atoms with Crippen molar-refractivity contribution in [3.8, 4) is 17.2 Å². The van der Waals surface area contributed by atoms with Gasteiger partial charge in [0.2, 0.25) is 5.76 Å². The summed E-state index contributed by atoms with van der Waals surface area (Å²) in [5.41, 5.74) is 2.39. The molecule has 1 atom stereocenters. The number of carbonyl (C=O) groups excluding carboxylic acids is 1. The maximum Gasteiger partial charge on any atom is 0.290 e. The molecule has 1 aromatic heterocycles. The van der Waals surface area contributed by atoms with Crippen LogP contribution in [-0.2, 0) is 6.42 Å². The second kappa shape index (κ2) is 12.3. The van der Waals surface area contributed by atoms with Crippen molar-refractivity contribution in [2.75, 3.05) is 26.9 Å². The summed E-state index contributed by atoms with van der Waals surface area (Å²) in [6.45, 7) is 5.53. The quantitative estimate of drug-likeness (QED) is 0.189. The number of rotatable bonds is 12. The number of methoxy groups -OCH3 is 1. The van der Waals surface area contributed by atoms with Crippen LogP contribution in [0, 0.1) is 0 Å². The monoisotopic (exact) mass is 541 g/mol. The molecule has 1 aliphatic heterocycles. The molecule has 2 heterocycles. The van der Waals surface area contributed by atoms with Crippen LogP contribution < -0.4 is 19.6 Å². The standard InChI is InChI=1S/C33H35NO6/c1-4-6-9-20-39-27-17-14-23(21-28(27)38-5-2)30-29-31(35)25-10-7-8-11-26(25)40-32(29)33(36)34(30)19-18-22-12-15-24(37-3)16-13-22/h7-8,10-17,21,30H,4-6,9,18-20H2,1-3H3. The zero-order chi connectivity index (χ0) is 28.1. The summed E-state index contributed by atoms with van der Waals surface area (Å²) in [4.78, 5) is 29.3. The predicted molar refractivity (Wildman–Crippen MR) is 155 cm³/mol. The van der Waals surface area contributed by atoms with Crippen molar-refractivity contribution in [1.82, 2.24) is 4.90 Å². The van der Waals surface area contributed by atoms with E-state index in [1.54, 1.807) is 36.3 Å². The highest BCUT2D eigenvalue weighted by Gasteiger charge is 2.42. The number of ether oxygens (including phenoxy) is 3. The Morgan fingerprint density at radius 2 is 1.70 bits per heavy atom. The van der Waals surface area contributed by atoms with Gasteiger partial charge >= 0.3 is 0 Å². The van der Waals surface area contributed by atoms with E-state index in [9.17, 15) is 9.59 Å². The van der Waals surface area contributed by atoms with Gasteiger partial charge in [0.15, 0.2) is 16.9 Å². The highest BCUT2D eigenvalue weighted by atomic mass is 16.5. The van der Waals surface area contributed by atoms with Gasteiger partial charge in [-0.1, -0.05) is 50.1 Å². The number of carbonyl (C=O) groups is 1. The van der Waals surface area contributed by atoms with E-state index in [1.807, 2.05) is 49.4 Å². The number of unbranched alkanes of at least 4 members (excludes halogenated alkanes) is 2. The van der Waals surface area contributed by atoms with E-state index >= 15 is 0 Å². The van der Waals surface area contributed by atoms with Crippen LogP contribution in [0.3, 0.4) is 0 Å². The van der Waals surface area contributed by atoms with E-state index in [1.165, 1.54) is 0 Å². The molecule has 1 unspecified atom stereocenters. The molecule has 7 nitrogen and oxygen atoms in total. The lowest BCUT2D eigenvalue weighted by atomic mass is 9.97. The fourth-order valence-electron chi connectivity index (χ4n) is 5.20. The summed E-state index contributed by atoms with van der Waals surface area (Å²) in [6, 6.07) is 19.9. The van der Waals surface area contributed by atoms with E-state index in [-0.39, 0.29) is 17.1 Å². The number of hydrogen-bond donors (Lipinski definition) is 0. The van der Waals surface area contributed by atoms with Crippen molar-refractivity contribution in [3.63, 3.8) is 0 Å². The van der Waals surface area contributed by atoms with Gasteiger partial charge in [-0.3, -0.25) is 9.59 Å². The van der Waals surface area contributed by atoms with Gasteiger partial charge in [-0.25, -0.2) is 0 Å². The Morgan fingerprint density at radius 3 is 2.45 bits per heavy atom. The molecule has 0 fully saturated rings. The average Bonchev–Trinajstić information content (AvgIpc) is 3.26. The van der Waals surface area contributed by atoms with Crippen LogP contribution in [0.25, 0.3) is 11.0 Å². The SMILES string of the molecule is CCCCCOc1ccc(C2c3c(oc4ccccc4c3=O)C(=O)N2CCc2ccc(OC)cc2)cc1OCC. The first-order chi connectivity index (χ1) is 19.5. The number of fused-ring (bicyclic) bond motifs is 2. The lowest BCUT2D eigenvalue weighted by molar-refractivity contribution is 0.0729. The molecule has 3 aromatic carbocycles. The van der Waals surface area contributed by atoms with Crippen molar-refractivity contribution >= 4 is 16.9 Å². The molecule has 0 radical (unpaired) electrons. The minimum atomic E-state index is -0.616. The highest BCUT2D eigenvalue weighted by molar-refractivity contribution is 5.99. The first-order valence-electron chi connectivity index (χ1n) is 13.9. The van der Waals surface area contributed by atoms with Crippen molar-refractivity contribution in [2.24, 2.45) is 0 Å². The minimum Gasteiger partial charge on any atom is -0.497 e. The molecule has 0 saturated heterocycles. The van der Waals surface area contributed by atoms with Crippen molar-refractivity contribution in [2.45, 2.75) is 45.6 Å². The molecular weight excluding hydrogens is 506 g/mol. The number of amides is 1. The van der Waals surface area contributed by atoms with Gasteiger partial charge in [0.1, 0.15) is 11.3 Å². The first kappa shape index (κ1) is 27.3. The minimum absolute atomic E-state index is 0.0984. The maximum absolute atomic E-state index is 13.8. The predicted octanol–water partition coefficient (Wildman–Crippen LogP) is 6.56. The van der Waals surface area contributed by atoms with Crippen LogP contribution in [0.1, 0.15) is 66.4 Å². The van der Waals surface area contributed by atoms with Gasteiger partial charge in [0.25, 0.3) is 5.91 Å². The normalized spacial score (nSPS) is 14.4. The molecule has 7 heteroatoms. The summed E-state index contributed by atoms with van der Waals surface area (Å²) in [5.74, 6) is 1.82. The van der Waals surface area contributed by atoms with Crippen molar-refractivity contribution < 1.29 is 23.4 Å². The molecule has 4 aromatic rings. The Kier molecular flexibility index (Phi) is 8.39. The molecular formula is C33H35NO6. The number of benzene rings is 3. The van der Waals surface area contributed by atoms with E-state index in [4.69, 9.17) is 18.6 Å². The van der Waals surface area contributed by atoms with Gasteiger partial charge in [-0.2, -0.15) is 0 Å². The maximum atomic E-state index is 13.8. The van der Waals surface area contributed by atoms with Crippen LogP contribution in [0.4, 0.5) is 0 Å². The third-order valence-electron chi connectivity index (χ3n) is 7.26. The average molecular weight is 542 g/mol. The summed E-state index contributed by atoms with van der Waals surface area (Å²) in [6.07, 6.45) is 3.77. The zero-order valence-electron chi connectivity index (χ0n) is 23.3. The third kappa shape index (κ3) is 5.41. The number of hydrogen-bond acceptors (Lipinski definition) is 6. The Balaban J connectivity index is 1.55. The molecule has 1 aliphatic rings. The number of para-hydroxylation sites is 1. The summed E-state index contributed by atoms with van der Waals surface area (Å²) >= 11 is 0. The Bertz CT molecular complexity index is 1540. The Hall–Kier alpha value is -4.26. The van der Waals surface area contributed by atoms with Gasteiger partial charge in [-0.15, -0.1) is 0 Å². The van der Waals surface area contributed by atoms with Gasteiger partial charge in [0, 0.05) is 6.54 Å². The van der Waals surface area contributed by atoms with E-state index in [2.05, 4.69) is 6.92 Å². The fraction of sp³-hybridized carbons (Fsp3) is 0.333. The molecule has 40 heavy (non-hydrogen) atoms. The molecule has 0 N–H and O–H groups in total. The molecule has 208 valence electrons. The third-order valence-corrected chi connectivity index (χ3v) is 7.26. The molecule has 0 spiro atoms. The second-order valence-electron chi connectivity index (χ2n) is 9.86. The lowest BCUT2D eigenvalue weighted by Gasteiger charge is -2.26. The first-order valence-corrected chi connectivity index (χ1v) is 13.9. The van der Waals surface area contributed by atoms with Crippen LogP contribution >= 0.6 is 0 Å². The molecule has 0 aliphatic carbocycles. The van der Waals surface area contributed by atoms with Crippen LogP contribution in [0.5, 0.6) is 17.2 Å². The van der Waals surface area contributed by atoms with E-state index in [0.29, 0.717) is 54.2 Å². The Morgan fingerprint density at radius 1 is 0.900 bits per heavy atom. The zero-order valence-corrected chi connectivity index (χ0v) is 23.3. The molecule has 1 amide bonds. The topological polar surface area (TPSA) is 78.2 Å².